The first-order valence-corrected chi connectivity index (χ1v) is 4.78. The highest BCUT2D eigenvalue weighted by molar-refractivity contribution is 6.08. The van der Waals surface area contributed by atoms with E-state index in [1.165, 1.54) is 16.3 Å². The van der Waals surface area contributed by atoms with Crippen LogP contribution in [0.2, 0.25) is 6.04 Å². The second-order valence-electron chi connectivity index (χ2n) is 2.42. The highest BCUT2D eigenvalue weighted by atomic mass is 28.1. The molecule has 0 fully saturated rings. The van der Waals surface area contributed by atoms with Gasteiger partial charge in [-0.1, -0.05) is 6.04 Å². The smallest absolute Gasteiger partial charge is 0.0428 e. The maximum absolute atomic E-state index is 8.09. The minimum absolute atomic E-state index is 0.378. The van der Waals surface area contributed by atoms with Gasteiger partial charge in [0.05, 0.1) is 0 Å². The van der Waals surface area contributed by atoms with Crippen LogP contribution in [-0.2, 0) is 0 Å². The summed E-state index contributed by atoms with van der Waals surface area (Å²) in [5.74, 6) is 0. The van der Waals surface area contributed by atoms with Gasteiger partial charge in [-0.3, -0.25) is 0 Å². The number of hydrogen-bond donors (Lipinski definition) is 1. The molecule has 0 aliphatic carbocycles. The van der Waals surface area contributed by atoms with E-state index in [9.17, 15) is 0 Å². The maximum atomic E-state index is 8.09. The van der Waals surface area contributed by atoms with Gasteiger partial charge < -0.3 is 10.0 Å². The largest absolute Gasteiger partial charge is 0.396 e. The van der Waals surface area contributed by atoms with E-state index in [2.05, 4.69) is 0 Å². The summed E-state index contributed by atoms with van der Waals surface area (Å²) in [6.45, 7) is 0.378. The standard InChI is InChI=1S/C3H9N.C3H10OSi/c1-4(2)3;4-2-1-3-5/h1-3H3;4H,1-3H2,5H3. The average Bonchev–Trinajstić information content (AvgIpc) is 1.66. The van der Waals surface area contributed by atoms with Crippen LogP contribution in [0, 0.1) is 0 Å². The van der Waals surface area contributed by atoms with Crippen LogP contribution in [0.5, 0.6) is 0 Å². The Morgan fingerprint density at radius 2 is 1.67 bits per heavy atom. The Bertz CT molecular complexity index is 37.3. The predicted molar refractivity (Wildman–Crippen MR) is 46.1 cm³/mol. The Hall–Kier alpha value is 0.137. The SMILES string of the molecule is CN(C)C.OCCC[SiH3]. The van der Waals surface area contributed by atoms with E-state index in [0.717, 1.165) is 6.42 Å². The third-order valence-corrected chi connectivity index (χ3v) is 1.22. The molecule has 58 valence electrons. The Labute approximate surface area is 61.3 Å². The van der Waals surface area contributed by atoms with Crippen molar-refractivity contribution in [3.8, 4) is 0 Å². The van der Waals surface area contributed by atoms with Crippen molar-refractivity contribution in [1.29, 1.82) is 0 Å². The molecule has 0 amide bonds. The van der Waals surface area contributed by atoms with E-state index < -0.39 is 0 Å². The molecule has 0 heterocycles. The lowest BCUT2D eigenvalue weighted by atomic mass is 10.5. The molecule has 0 aromatic rings. The van der Waals surface area contributed by atoms with E-state index in [0.29, 0.717) is 6.61 Å². The van der Waals surface area contributed by atoms with E-state index in [4.69, 9.17) is 5.11 Å². The molecule has 1 N–H and O–H groups in total. The normalized spacial score (nSPS) is 9.00. The molecule has 0 unspecified atom stereocenters. The summed E-state index contributed by atoms with van der Waals surface area (Å²) in [6.07, 6.45) is 1.01. The molecule has 0 aromatic carbocycles. The fourth-order valence-electron chi connectivity index (χ4n) is 0.158. The molecular weight excluding hydrogens is 130 g/mol. The maximum Gasteiger partial charge on any atom is 0.0428 e. The number of aliphatic hydroxyl groups excluding tert-OH is 1. The highest BCUT2D eigenvalue weighted by Gasteiger charge is 1.69. The Kier molecular flexibility index (Phi) is 14.5. The summed E-state index contributed by atoms with van der Waals surface area (Å²) in [5.41, 5.74) is 0. The molecule has 0 saturated heterocycles. The second kappa shape index (κ2) is 11.0. The molecule has 2 nitrogen and oxygen atoms in total. The number of nitrogens with zero attached hydrogens (tertiary/aromatic N) is 1. The Morgan fingerprint density at radius 1 is 1.33 bits per heavy atom. The molecule has 0 spiro atoms. The van der Waals surface area contributed by atoms with Crippen LogP contribution in [0.3, 0.4) is 0 Å². The van der Waals surface area contributed by atoms with Gasteiger partial charge in [-0.25, -0.2) is 0 Å². The van der Waals surface area contributed by atoms with Gasteiger partial charge in [-0.05, 0) is 27.6 Å². The molecule has 0 rings (SSSR count). The third-order valence-electron chi connectivity index (χ3n) is 0.512. The topological polar surface area (TPSA) is 23.5 Å². The van der Waals surface area contributed by atoms with Crippen LogP contribution in [0.15, 0.2) is 0 Å². The van der Waals surface area contributed by atoms with E-state index in [-0.39, 0.29) is 0 Å². The first-order chi connectivity index (χ1) is 4.15. The van der Waals surface area contributed by atoms with Crippen molar-refractivity contribution in [2.24, 2.45) is 0 Å². The molecule has 9 heavy (non-hydrogen) atoms. The van der Waals surface area contributed by atoms with Crippen molar-refractivity contribution in [3.05, 3.63) is 0 Å². The molecule has 0 saturated carbocycles. The van der Waals surface area contributed by atoms with Crippen LogP contribution in [0.1, 0.15) is 6.42 Å². The number of hydrogen-bond acceptors (Lipinski definition) is 2. The summed E-state index contributed by atoms with van der Waals surface area (Å²) >= 11 is 0. The van der Waals surface area contributed by atoms with Gasteiger partial charge in [0, 0.05) is 16.8 Å². The molecule has 0 atom stereocenters. The van der Waals surface area contributed by atoms with Crippen LogP contribution >= 0.6 is 0 Å². The Balaban J connectivity index is 0. The zero-order valence-electron chi connectivity index (χ0n) is 7.02. The minimum Gasteiger partial charge on any atom is -0.396 e. The number of aliphatic hydroxyl groups is 1. The quantitative estimate of drug-likeness (QED) is 0.526. The summed E-state index contributed by atoms with van der Waals surface area (Å²) in [5, 5.41) is 8.09. The summed E-state index contributed by atoms with van der Waals surface area (Å²) in [6, 6.07) is 1.23. The zero-order chi connectivity index (χ0) is 7.70. The minimum atomic E-state index is 0.378. The van der Waals surface area contributed by atoms with Gasteiger partial charge in [0.15, 0.2) is 0 Å². The molecule has 0 radical (unpaired) electrons. The lowest BCUT2D eigenvalue weighted by molar-refractivity contribution is 0.295. The lowest BCUT2D eigenvalue weighted by Crippen LogP contribution is -1.99. The molecule has 0 aliphatic heterocycles. The van der Waals surface area contributed by atoms with Gasteiger partial charge in [0.2, 0.25) is 0 Å². The van der Waals surface area contributed by atoms with Crippen molar-refractivity contribution in [1.82, 2.24) is 4.90 Å². The lowest BCUT2D eigenvalue weighted by Gasteiger charge is -1.90. The van der Waals surface area contributed by atoms with Crippen molar-refractivity contribution < 1.29 is 5.11 Å². The van der Waals surface area contributed by atoms with Gasteiger partial charge in [-0.2, -0.15) is 0 Å². The van der Waals surface area contributed by atoms with Gasteiger partial charge in [-0.15, -0.1) is 0 Å². The first kappa shape index (κ1) is 11.9. The van der Waals surface area contributed by atoms with Crippen LogP contribution < -0.4 is 0 Å². The molecule has 3 heteroatoms. The van der Waals surface area contributed by atoms with Gasteiger partial charge in [0.25, 0.3) is 0 Å². The van der Waals surface area contributed by atoms with E-state index in [1.807, 2.05) is 26.0 Å². The second-order valence-corrected chi connectivity index (χ2v) is 3.42. The Morgan fingerprint density at radius 3 is 1.67 bits per heavy atom. The van der Waals surface area contributed by atoms with Crippen LogP contribution in [-0.4, -0.2) is 48.0 Å². The van der Waals surface area contributed by atoms with E-state index >= 15 is 0 Å². The summed E-state index contributed by atoms with van der Waals surface area (Å²) in [7, 11) is 7.24. The van der Waals surface area contributed by atoms with E-state index in [1.54, 1.807) is 0 Å². The van der Waals surface area contributed by atoms with Crippen molar-refractivity contribution in [2.45, 2.75) is 12.5 Å². The third kappa shape index (κ3) is 67.1. The van der Waals surface area contributed by atoms with Crippen LogP contribution in [0.4, 0.5) is 0 Å². The summed E-state index contributed by atoms with van der Waals surface area (Å²) < 4.78 is 0. The van der Waals surface area contributed by atoms with Crippen molar-refractivity contribution >= 4 is 10.2 Å². The monoisotopic (exact) mass is 149 g/mol. The van der Waals surface area contributed by atoms with Gasteiger partial charge >= 0.3 is 0 Å². The average molecular weight is 149 g/mol. The van der Waals surface area contributed by atoms with Crippen molar-refractivity contribution in [3.63, 3.8) is 0 Å². The molecule has 0 aromatic heterocycles. The molecular formula is C6H19NOSi. The summed E-state index contributed by atoms with van der Waals surface area (Å²) in [4.78, 5) is 2.00. The van der Waals surface area contributed by atoms with Gasteiger partial charge in [0.1, 0.15) is 0 Å². The predicted octanol–water partition coefficient (Wildman–Crippen LogP) is -0.670. The van der Waals surface area contributed by atoms with Crippen molar-refractivity contribution in [2.75, 3.05) is 27.7 Å². The molecule has 0 aliphatic rings. The molecule has 0 bridgehead atoms. The number of rotatable bonds is 2. The zero-order valence-corrected chi connectivity index (χ0v) is 9.02. The fraction of sp³-hybridized carbons (Fsp3) is 1.00. The fourth-order valence-corrected chi connectivity index (χ4v) is 0.474. The first-order valence-electron chi connectivity index (χ1n) is 3.36. The van der Waals surface area contributed by atoms with Crippen LogP contribution in [0.25, 0.3) is 0 Å². The highest BCUT2D eigenvalue weighted by Crippen LogP contribution is 1.76.